The lowest BCUT2D eigenvalue weighted by Gasteiger charge is -2.30. The molecule has 0 radical (unpaired) electrons. The van der Waals surface area contributed by atoms with E-state index in [2.05, 4.69) is 21.8 Å². The van der Waals surface area contributed by atoms with E-state index in [0.29, 0.717) is 11.8 Å². The van der Waals surface area contributed by atoms with Crippen molar-refractivity contribution in [1.29, 1.82) is 0 Å². The van der Waals surface area contributed by atoms with Crippen molar-refractivity contribution < 1.29 is 4.79 Å². The van der Waals surface area contributed by atoms with Crippen molar-refractivity contribution in [2.45, 2.75) is 32.1 Å². The van der Waals surface area contributed by atoms with Gasteiger partial charge in [0.1, 0.15) is 0 Å². The van der Waals surface area contributed by atoms with Crippen molar-refractivity contribution in [2.75, 3.05) is 31.1 Å². The fourth-order valence-corrected chi connectivity index (χ4v) is 4.73. The first-order chi connectivity index (χ1) is 12.7. The molecule has 0 saturated carbocycles. The summed E-state index contributed by atoms with van der Waals surface area (Å²) >= 11 is 0. The summed E-state index contributed by atoms with van der Waals surface area (Å²) in [5.41, 5.74) is 3.21. The molecule has 0 bridgehead atoms. The Morgan fingerprint density at radius 1 is 1.27 bits per heavy atom. The smallest absolute Gasteiger partial charge is 0.255 e. The van der Waals surface area contributed by atoms with Gasteiger partial charge in [-0.05, 0) is 42.7 Å². The van der Waals surface area contributed by atoms with Crippen molar-refractivity contribution in [3.63, 3.8) is 0 Å². The van der Waals surface area contributed by atoms with Crippen LogP contribution in [0.15, 0.2) is 24.7 Å². The van der Waals surface area contributed by atoms with E-state index < -0.39 is 0 Å². The average molecular weight is 351 g/mol. The molecule has 2 fully saturated rings. The molecule has 6 heteroatoms. The summed E-state index contributed by atoms with van der Waals surface area (Å²) in [7, 11) is 0. The van der Waals surface area contributed by atoms with Gasteiger partial charge in [0.05, 0.1) is 5.56 Å². The summed E-state index contributed by atoms with van der Waals surface area (Å²) in [6, 6.07) is 1.85. The largest absolute Gasteiger partial charge is 0.367 e. The summed E-state index contributed by atoms with van der Waals surface area (Å²) in [6.07, 6.45) is 9.03. The maximum atomic E-state index is 12.6. The molecule has 2 unspecified atom stereocenters. The van der Waals surface area contributed by atoms with Crippen LogP contribution in [0.4, 0.5) is 5.95 Å². The molecule has 2 aromatic heterocycles. The van der Waals surface area contributed by atoms with Crippen molar-refractivity contribution >= 4 is 11.9 Å². The number of likely N-dealkylation sites (tertiary alicyclic amines) is 1. The van der Waals surface area contributed by atoms with Crippen LogP contribution in [-0.2, 0) is 6.42 Å². The topological polar surface area (TPSA) is 65.1 Å². The summed E-state index contributed by atoms with van der Waals surface area (Å²) in [4.78, 5) is 29.5. The normalized spacial score (nSPS) is 25.4. The van der Waals surface area contributed by atoms with Gasteiger partial charge < -0.3 is 14.8 Å². The minimum atomic E-state index is 0.127. The number of rotatable bonds is 2. The Hall–Kier alpha value is -2.37. The number of piperidine rings is 1. The van der Waals surface area contributed by atoms with Crippen molar-refractivity contribution in [2.24, 2.45) is 11.8 Å². The van der Waals surface area contributed by atoms with Crippen LogP contribution < -0.4 is 4.90 Å². The minimum Gasteiger partial charge on any atom is -0.367 e. The second kappa shape index (κ2) is 6.11. The predicted octanol–water partition coefficient (Wildman–Crippen LogP) is 2.45. The summed E-state index contributed by atoms with van der Waals surface area (Å²) < 4.78 is 0. The maximum absolute atomic E-state index is 12.6. The highest BCUT2D eigenvalue weighted by molar-refractivity contribution is 5.94. The number of carbonyl (C=O) groups excluding carboxylic acids is 1. The number of nitrogens with one attached hydrogen (secondary N) is 1. The molecule has 26 heavy (non-hydrogen) atoms. The van der Waals surface area contributed by atoms with Gasteiger partial charge in [0, 0.05) is 56.4 Å². The Bertz CT molecular complexity index is 810. The molecule has 2 saturated heterocycles. The molecule has 2 aliphatic heterocycles. The minimum absolute atomic E-state index is 0.127. The Kier molecular flexibility index (Phi) is 3.72. The summed E-state index contributed by atoms with van der Waals surface area (Å²) in [5.74, 6) is 2.71. The molecule has 2 aromatic rings. The van der Waals surface area contributed by atoms with Gasteiger partial charge in [0.2, 0.25) is 5.95 Å². The van der Waals surface area contributed by atoms with E-state index in [1.54, 1.807) is 12.4 Å². The molecular weight excluding hydrogens is 326 g/mol. The Balaban J connectivity index is 1.32. The predicted molar refractivity (Wildman–Crippen MR) is 99.3 cm³/mol. The number of H-pyrrole nitrogens is 1. The molecular formula is C20H25N5O. The molecule has 136 valence electrons. The first-order valence-electron chi connectivity index (χ1n) is 9.72. The van der Waals surface area contributed by atoms with Crippen molar-refractivity contribution in [3.8, 4) is 0 Å². The van der Waals surface area contributed by atoms with Crippen molar-refractivity contribution in [1.82, 2.24) is 19.9 Å². The fourth-order valence-electron chi connectivity index (χ4n) is 4.73. The number of anilines is 1. The SMILES string of the molecule is CC1CCN(c2ncc3c(n2)CC2CN(C(=O)c4cc[nH]c4)CC32)CC1. The quantitative estimate of drug-likeness (QED) is 0.903. The van der Waals surface area contributed by atoms with Crippen LogP contribution >= 0.6 is 0 Å². The number of hydrogen-bond acceptors (Lipinski definition) is 4. The van der Waals surface area contributed by atoms with Gasteiger partial charge >= 0.3 is 0 Å². The zero-order valence-electron chi connectivity index (χ0n) is 15.2. The average Bonchev–Trinajstić information content (AvgIpc) is 3.37. The highest BCUT2D eigenvalue weighted by Gasteiger charge is 2.43. The Morgan fingerprint density at radius 3 is 2.88 bits per heavy atom. The number of amides is 1. The van der Waals surface area contributed by atoms with Crippen LogP contribution in [0.25, 0.3) is 0 Å². The van der Waals surface area contributed by atoms with Crippen LogP contribution in [0.5, 0.6) is 0 Å². The van der Waals surface area contributed by atoms with Crippen LogP contribution in [0, 0.1) is 11.8 Å². The van der Waals surface area contributed by atoms with Gasteiger partial charge in [-0.1, -0.05) is 6.92 Å². The maximum Gasteiger partial charge on any atom is 0.255 e. The summed E-state index contributed by atoms with van der Waals surface area (Å²) in [6.45, 7) is 6.05. The molecule has 6 nitrogen and oxygen atoms in total. The molecule has 1 N–H and O–H groups in total. The third-order valence-electron chi connectivity index (χ3n) is 6.38. The second-order valence-corrected chi connectivity index (χ2v) is 8.12. The number of fused-ring (bicyclic) bond motifs is 3. The van der Waals surface area contributed by atoms with E-state index in [4.69, 9.17) is 4.98 Å². The molecule has 5 rings (SSSR count). The number of carbonyl (C=O) groups is 1. The highest BCUT2D eigenvalue weighted by atomic mass is 16.2. The molecule has 0 aromatic carbocycles. The molecule has 1 amide bonds. The van der Waals surface area contributed by atoms with E-state index in [0.717, 1.165) is 50.0 Å². The third-order valence-corrected chi connectivity index (χ3v) is 6.38. The van der Waals surface area contributed by atoms with E-state index in [1.165, 1.54) is 24.1 Å². The van der Waals surface area contributed by atoms with Crippen LogP contribution in [-0.4, -0.2) is 51.9 Å². The lowest BCUT2D eigenvalue weighted by atomic mass is 9.97. The standard InChI is InChI=1S/C20H25N5O/c1-13-3-6-24(7-4-13)20-22-10-16-17-12-25(11-15(17)8-18(16)23-20)19(26)14-2-5-21-9-14/h2,5,9-10,13,15,17,21H,3-4,6-8,11-12H2,1H3. The first kappa shape index (κ1) is 15.9. The zero-order valence-corrected chi connectivity index (χ0v) is 15.2. The first-order valence-corrected chi connectivity index (χ1v) is 9.72. The monoisotopic (exact) mass is 351 g/mol. The van der Waals surface area contributed by atoms with E-state index in [9.17, 15) is 4.79 Å². The lowest BCUT2D eigenvalue weighted by Crippen LogP contribution is -2.34. The fraction of sp³-hybridized carbons (Fsp3) is 0.550. The van der Waals surface area contributed by atoms with E-state index in [1.807, 2.05) is 17.2 Å². The number of aromatic nitrogens is 3. The van der Waals surface area contributed by atoms with Gasteiger partial charge in [-0.3, -0.25) is 4.79 Å². The number of nitrogens with zero attached hydrogens (tertiary/aromatic N) is 4. The Labute approximate surface area is 153 Å². The molecule has 1 aliphatic carbocycles. The lowest BCUT2D eigenvalue weighted by molar-refractivity contribution is 0.0785. The molecule has 4 heterocycles. The van der Waals surface area contributed by atoms with Gasteiger partial charge in [-0.2, -0.15) is 0 Å². The zero-order chi connectivity index (χ0) is 17.7. The van der Waals surface area contributed by atoms with Crippen LogP contribution in [0.2, 0.25) is 0 Å². The van der Waals surface area contributed by atoms with Crippen LogP contribution in [0.1, 0.15) is 47.3 Å². The van der Waals surface area contributed by atoms with Gasteiger partial charge in [-0.15, -0.1) is 0 Å². The van der Waals surface area contributed by atoms with E-state index in [-0.39, 0.29) is 5.91 Å². The van der Waals surface area contributed by atoms with Gasteiger partial charge in [-0.25, -0.2) is 9.97 Å². The van der Waals surface area contributed by atoms with Gasteiger partial charge in [0.15, 0.2) is 0 Å². The number of aromatic amines is 1. The second-order valence-electron chi connectivity index (χ2n) is 8.12. The molecule has 0 spiro atoms. The molecule has 2 atom stereocenters. The number of hydrogen-bond donors (Lipinski definition) is 1. The highest BCUT2D eigenvalue weighted by Crippen LogP contribution is 2.42. The van der Waals surface area contributed by atoms with E-state index >= 15 is 0 Å². The van der Waals surface area contributed by atoms with Gasteiger partial charge in [0.25, 0.3) is 5.91 Å². The van der Waals surface area contributed by atoms with Crippen LogP contribution in [0.3, 0.4) is 0 Å². The summed E-state index contributed by atoms with van der Waals surface area (Å²) in [5, 5.41) is 0. The molecule has 3 aliphatic rings. The Morgan fingerprint density at radius 2 is 2.12 bits per heavy atom. The van der Waals surface area contributed by atoms with Crippen molar-refractivity contribution in [3.05, 3.63) is 41.5 Å². The third kappa shape index (κ3) is 2.59.